The van der Waals surface area contributed by atoms with Gasteiger partial charge in [0.05, 0.1) is 6.10 Å². The SMILES string of the molecule is CC(O)CC(CNC(=O)NC1CCC(N(C)C)C1)c1ccccc1. The Balaban J connectivity index is 1.82. The molecule has 1 aromatic rings. The minimum Gasteiger partial charge on any atom is -0.393 e. The van der Waals surface area contributed by atoms with Gasteiger partial charge in [0.25, 0.3) is 0 Å². The Morgan fingerprint density at radius 1 is 1.29 bits per heavy atom. The molecule has 5 heteroatoms. The molecule has 1 fully saturated rings. The molecule has 0 heterocycles. The van der Waals surface area contributed by atoms with Crippen molar-refractivity contribution in [1.29, 1.82) is 0 Å². The average Bonchev–Trinajstić information content (AvgIpc) is 3.00. The quantitative estimate of drug-likeness (QED) is 0.717. The fourth-order valence-corrected chi connectivity index (χ4v) is 3.48. The Kier molecular flexibility index (Phi) is 7.06. The summed E-state index contributed by atoms with van der Waals surface area (Å²) in [4.78, 5) is 14.4. The minimum atomic E-state index is -0.393. The van der Waals surface area contributed by atoms with Crippen molar-refractivity contribution in [2.75, 3.05) is 20.6 Å². The van der Waals surface area contributed by atoms with Crippen molar-refractivity contribution in [1.82, 2.24) is 15.5 Å². The maximum Gasteiger partial charge on any atom is 0.315 e. The highest BCUT2D eigenvalue weighted by Crippen LogP contribution is 2.23. The maximum absolute atomic E-state index is 12.2. The van der Waals surface area contributed by atoms with Crippen LogP contribution >= 0.6 is 0 Å². The highest BCUT2D eigenvalue weighted by molar-refractivity contribution is 5.74. The molecule has 24 heavy (non-hydrogen) atoms. The van der Waals surface area contributed by atoms with Gasteiger partial charge in [0.1, 0.15) is 0 Å². The molecular weight excluding hydrogens is 302 g/mol. The van der Waals surface area contributed by atoms with Gasteiger partial charge in [0.2, 0.25) is 0 Å². The van der Waals surface area contributed by atoms with Crippen LogP contribution in [0.1, 0.15) is 44.1 Å². The molecular formula is C19H31N3O2. The van der Waals surface area contributed by atoms with Crippen molar-refractivity contribution in [3.8, 4) is 0 Å². The van der Waals surface area contributed by atoms with E-state index < -0.39 is 6.10 Å². The molecule has 5 nitrogen and oxygen atoms in total. The van der Waals surface area contributed by atoms with Crippen LogP contribution in [-0.2, 0) is 0 Å². The Morgan fingerprint density at radius 3 is 2.58 bits per heavy atom. The molecule has 0 saturated heterocycles. The molecule has 1 aliphatic rings. The van der Waals surface area contributed by atoms with E-state index in [0.29, 0.717) is 19.0 Å². The molecule has 2 amide bonds. The summed E-state index contributed by atoms with van der Waals surface area (Å²) in [5.74, 6) is 0.120. The van der Waals surface area contributed by atoms with Crippen LogP contribution in [-0.4, -0.2) is 54.9 Å². The number of carbonyl (C=O) groups is 1. The second-order valence-corrected chi connectivity index (χ2v) is 7.17. The van der Waals surface area contributed by atoms with Crippen LogP contribution in [0.2, 0.25) is 0 Å². The molecule has 4 unspecified atom stereocenters. The van der Waals surface area contributed by atoms with E-state index in [9.17, 15) is 9.90 Å². The van der Waals surface area contributed by atoms with Crippen LogP contribution in [0.15, 0.2) is 30.3 Å². The van der Waals surface area contributed by atoms with Gasteiger partial charge in [-0.1, -0.05) is 30.3 Å². The van der Waals surface area contributed by atoms with Gasteiger partial charge in [-0.15, -0.1) is 0 Å². The molecule has 3 N–H and O–H groups in total. The van der Waals surface area contributed by atoms with E-state index in [0.717, 1.165) is 24.8 Å². The van der Waals surface area contributed by atoms with Gasteiger partial charge >= 0.3 is 6.03 Å². The molecule has 0 bridgehead atoms. The molecule has 0 radical (unpaired) electrons. The first-order valence-corrected chi connectivity index (χ1v) is 8.89. The number of urea groups is 1. The number of hydrogen-bond acceptors (Lipinski definition) is 3. The first kappa shape index (κ1) is 18.7. The summed E-state index contributed by atoms with van der Waals surface area (Å²) in [5, 5.41) is 15.8. The van der Waals surface area contributed by atoms with Crippen LogP contribution in [0.3, 0.4) is 0 Å². The Morgan fingerprint density at radius 2 is 2.00 bits per heavy atom. The zero-order chi connectivity index (χ0) is 17.5. The number of rotatable bonds is 7. The van der Waals surface area contributed by atoms with Crippen molar-refractivity contribution < 1.29 is 9.90 Å². The lowest BCUT2D eigenvalue weighted by molar-refractivity contribution is 0.173. The second-order valence-electron chi connectivity index (χ2n) is 7.17. The van der Waals surface area contributed by atoms with Gasteiger partial charge in [0, 0.05) is 24.5 Å². The third-order valence-corrected chi connectivity index (χ3v) is 4.88. The van der Waals surface area contributed by atoms with Gasteiger partial charge in [-0.2, -0.15) is 0 Å². The summed E-state index contributed by atoms with van der Waals surface area (Å²) >= 11 is 0. The number of aliphatic hydroxyl groups is 1. The summed E-state index contributed by atoms with van der Waals surface area (Å²) in [5.41, 5.74) is 1.15. The van der Waals surface area contributed by atoms with Gasteiger partial charge in [-0.25, -0.2) is 4.79 Å². The van der Waals surface area contributed by atoms with Crippen LogP contribution in [0, 0.1) is 0 Å². The fraction of sp³-hybridized carbons (Fsp3) is 0.632. The fourth-order valence-electron chi connectivity index (χ4n) is 3.48. The van der Waals surface area contributed by atoms with Crippen LogP contribution in [0.4, 0.5) is 4.79 Å². The number of aliphatic hydroxyl groups excluding tert-OH is 1. The summed E-state index contributed by atoms with van der Waals surface area (Å²) in [6.45, 7) is 2.32. The Labute approximate surface area is 145 Å². The lowest BCUT2D eigenvalue weighted by Gasteiger charge is -2.21. The number of benzene rings is 1. The van der Waals surface area contributed by atoms with Crippen molar-refractivity contribution in [2.24, 2.45) is 0 Å². The second kappa shape index (κ2) is 9.04. The number of carbonyl (C=O) groups excluding carboxylic acids is 1. The number of nitrogens with zero attached hydrogens (tertiary/aromatic N) is 1. The number of amides is 2. The predicted molar refractivity (Wildman–Crippen MR) is 97.1 cm³/mol. The van der Waals surface area contributed by atoms with E-state index in [1.54, 1.807) is 6.92 Å². The van der Waals surface area contributed by atoms with Gasteiger partial charge < -0.3 is 20.6 Å². The first-order valence-electron chi connectivity index (χ1n) is 8.89. The standard InChI is InChI=1S/C19H31N3O2/c1-14(23)11-16(15-7-5-4-6-8-15)13-20-19(24)21-17-9-10-18(12-17)22(2)3/h4-8,14,16-18,23H,9-13H2,1-3H3,(H2,20,21,24). The maximum atomic E-state index is 12.2. The topological polar surface area (TPSA) is 64.6 Å². The molecule has 1 aliphatic carbocycles. The first-order chi connectivity index (χ1) is 11.5. The van der Waals surface area contributed by atoms with Gasteiger partial charge in [0.15, 0.2) is 0 Å². The molecule has 134 valence electrons. The van der Waals surface area contributed by atoms with Crippen molar-refractivity contribution >= 4 is 6.03 Å². The van der Waals surface area contributed by atoms with Crippen molar-refractivity contribution in [3.63, 3.8) is 0 Å². The van der Waals surface area contributed by atoms with Crippen molar-refractivity contribution in [2.45, 2.75) is 56.7 Å². The molecule has 4 atom stereocenters. The van der Waals surface area contributed by atoms with E-state index >= 15 is 0 Å². The average molecular weight is 333 g/mol. The molecule has 2 rings (SSSR count). The molecule has 0 aromatic heterocycles. The predicted octanol–water partition coefficient (Wildman–Crippen LogP) is 2.32. The summed E-state index contributed by atoms with van der Waals surface area (Å²) in [6.07, 6.45) is 3.42. The summed E-state index contributed by atoms with van der Waals surface area (Å²) in [7, 11) is 4.18. The van der Waals surface area contributed by atoms with Gasteiger partial charge in [-0.05, 0) is 52.3 Å². The molecule has 1 aromatic carbocycles. The Bertz CT molecular complexity index is 505. The third-order valence-electron chi connectivity index (χ3n) is 4.88. The zero-order valence-corrected chi connectivity index (χ0v) is 15.0. The third kappa shape index (κ3) is 5.80. The van der Waals surface area contributed by atoms with Crippen LogP contribution in [0.5, 0.6) is 0 Å². The molecule has 1 saturated carbocycles. The Hall–Kier alpha value is -1.59. The normalized spacial score (nSPS) is 23.0. The van der Waals surface area contributed by atoms with Gasteiger partial charge in [-0.3, -0.25) is 0 Å². The lowest BCUT2D eigenvalue weighted by atomic mass is 9.93. The number of nitrogens with one attached hydrogen (secondary N) is 2. The zero-order valence-electron chi connectivity index (χ0n) is 15.0. The van der Waals surface area contributed by atoms with E-state index in [4.69, 9.17) is 0 Å². The van der Waals surface area contributed by atoms with E-state index in [-0.39, 0.29) is 18.0 Å². The lowest BCUT2D eigenvalue weighted by Crippen LogP contribution is -2.43. The highest BCUT2D eigenvalue weighted by atomic mass is 16.3. The van der Waals surface area contributed by atoms with E-state index in [1.165, 1.54) is 0 Å². The van der Waals surface area contributed by atoms with Crippen LogP contribution < -0.4 is 10.6 Å². The summed E-state index contributed by atoms with van der Waals surface area (Å²) < 4.78 is 0. The van der Waals surface area contributed by atoms with Crippen molar-refractivity contribution in [3.05, 3.63) is 35.9 Å². The number of hydrogen-bond donors (Lipinski definition) is 3. The minimum absolute atomic E-state index is 0.106. The molecule has 0 aliphatic heterocycles. The van der Waals surface area contributed by atoms with Crippen LogP contribution in [0.25, 0.3) is 0 Å². The highest BCUT2D eigenvalue weighted by Gasteiger charge is 2.27. The smallest absolute Gasteiger partial charge is 0.315 e. The van der Waals surface area contributed by atoms with E-state index in [2.05, 4.69) is 29.6 Å². The summed E-state index contributed by atoms with van der Waals surface area (Å²) in [6, 6.07) is 10.8. The monoisotopic (exact) mass is 333 g/mol. The molecule has 0 spiro atoms. The van der Waals surface area contributed by atoms with E-state index in [1.807, 2.05) is 30.3 Å². The largest absolute Gasteiger partial charge is 0.393 e.